The first-order valence-electron chi connectivity index (χ1n) is 5.55. The van der Waals surface area contributed by atoms with Crippen LogP contribution in [-0.4, -0.2) is 17.6 Å². The smallest absolute Gasteiger partial charge is 0.273 e. The minimum atomic E-state index is -0.281. The molecule has 1 aromatic heterocycles. The summed E-state index contributed by atoms with van der Waals surface area (Å²) in [5.74, 6) is 2.73. The Morgan fingerprint density at radius 3 is 2.89 bits per heavy atom. The number of amides is 1. The van der Waals surface area contributed by atoms with Gasteiger partial charge in [-0.1, -0.05) is 35.5 Å². The Labute approximate surface area is 105 Å². The van der Waals surface area contributed by atoms with Gasteiger partial charge in [-0.2, -0.15) is 0 Å². The van der Waals surface area contributed by atoms with Gasteiger partial charge in [-0.05, 0) is 0 Å². The molecule has 0 atom stereocenters. The molecule has 0 aliphatic rings. The molecule has 0 bridgehead atoms. The van der Waals surface area contributed by atoms with Crippen LogP contribution in [0.15, 0.2) is 40.9 Å². The van der Waals surface area contributed by atoms with Gasteiger partial charge in [-0.25, -0.2) is 0 Å². The van der Waals surface area contributed by atoms with Crippen molar-refractivity contribution >= 4 is 5.91 Å². The first-order valence-corrected chi connectivity index (χ1v) is 5.55. The maximum Gasteiger partial charge on any atom is 0.273 e. The van der Waals surface area contributed by atoms with Crippen LogP contribution in [-0.2, 0) is 0 Å². The van der Waals surface area contributed by atoms with Crippen LogP contribution >= 0.6 is 0 Å². The van der Waals surface area contributed by atoms with Gasteiger partial charge in [-0.3, -0.25) is 4.79 Å². The second-order valence-corrected chi connectivity index (χ2v) is 3.65. The number of hydrogen-bond acceptors (Lipinski definition) is 3. The molecule has 0 spiro atoms. The fraction of sp³-hybridized carbons (Fsp3) is 0.143. The van der Waals surface area contributed by atoms with E-state index in [0.29, 0.717) is 18.7 Å². The average molecular weight is 240 g/mol. The van der Waals surface area contributed by atoms with Gasteiger partial charge in [0.15, 0.2) is 11.5 Å². The summed E-state index contributed by atoms with van der Waals surface area (Å²) in [6.45, 7) is 0.433. The third kappa shape index (κ3) is 2.77. The van der Waals surface area contributed by atoms with Crippen molar-refractivity contribution in [2.75, 3.05) is 6.54 Å². The van der Waals surface area contributed by atoms with Crippen molar-refractivity contribution in [3.63, 3.8) is 0 Å². The Kier molecular flexibility index (Phi) is 3.77. The van der Waals surface area contributed by atoms with E-state index >= 15 is 0 Å². The second kappa shape index (κ2) is 5.69. The fourth-order valence-corrected chi connectivity index (χ4v) is 1.46. The topological polar surface area (TPSA) is 55.1 Å². The zero-order valence-corrected chi connectivity index (χ0v) is 9.72. The fourth-order valence-electron chi connectivity index (χ4n) is 1.46. The Bertz CT molecular complexity index is 567. The highest BCUT2D eigenvalue weighted by Crippen LogP contribution is 2.19. The van der Waals surface area contributed by atoms with Crippen molar-refractivity contribution in [2.24, 2.45) is 0 Å². The molecule has 90 valence electrons. The number of carbonyl (C=O) groups is 1. The van der Waals surface area contributed by atoms with Crippen molar-refractivity contribution in [2.45, 2.75) is 6.42 Å². The summed E-state index contributed by atoms with van der Waals surface area (Å²) in [6.07, 6.45) is 5.59. The molecule has 1 amide bonds. The number of aromatic nitrogens is 1. The molecule has 0 radical (unpaired) electrons. The lowest BCUT2D eigenvalue weighted by Gasteiger charge is -1.97. The van der Waals surface area contributed by atoms with Gasteiger partial charge in [0.25, 0.3) is 5.91 Å². The molecule has 0 fully saturated rings. The molecule has 0 saturated heterocycles. The molecule has 0 aliphatic heterocycles. The number of nitrogens with zero attached hydrogens (tertiary/aromatic N) is 1. The predicted octanol–water partition coefficient (Wildman–Crippen LogP) is 2.09. The van der Waals surface area contributed by atoms with E-state index in [9.17, 15) is 4.79 Å². The summed E-state index contributed by atoms with van der Waals surface area (Å²) >= 11 is 0. The molecule has 18 heavy (non-hydrogen) atoms. The van der Waals surface area contributed by atoms with Gasteiger partial charge < -0.3 is 9.84 Å². The summed E-state index contributed by atoms with van der Waals surface area (Å²) < 4.78 is 5.13. The molecule has 4 nitrogen and oxygen atoms in total. The van der Waals surface area contributed by atoms with Gasteiger partial charge >= 0.3 is 0 Å². The normalized spacial score (nSPS) is 9.72. The Morgan fingerprint density at radius 1 is 1.39 bits per heavy atom. The second-order valence-electron chi connectivity index (χ2n) is 3.65. The van der Waals surface area contributed by atoms with Crippen LogP contribution < -0.4 is 5.32 Å². The van der Waals surface area contributed by atoms with Crippen LogP contribution in [0.2, 0.25) is 0 Å². The van der Waals surface area contributed by atoms with E-state index in [2.05, 4.69) is 16.4 Å². The number of terminal acetylenes is 1. The number of benzene rings is 1. The van der Waals surface area contributed by atoms with Crippen LogP contribution in [0.3, 0.4) is 0 Å². The van der Waals surface area contributed by atoms with E-state index in [1.165, 1.54) is 0 Å². The highest BCUT2D eigenvalue weighted by molar-refractivity contribution is 5.93. The highest BCUT2D eigenvalue weighted by atomic mass is 16.5. The minimum Gasteiger partial charge on any atom is -0.355 e. The third-order valence-electron chi connectivity index (χ3n) is 2.36. The monoisotopic (exact) mass is 240 g/mol. The first kappa shape index (κ1) is 11.9. The van der Waals surface area contributed by atoms with E-state index in [1.807, 2.05) is 30.3 Å². The van der Waals surface area contributed by atoms with Crippen LogP contribution in [0.4, 0.5) is 0 Å². The lowest BCUT2D eigenvalue weighted by atomic mass is 10.1. The molecule has 0 unspecified atom stereocenters. The van der Waals surface area contributed by atoms with E-state index in [0.717, 1.165) is 5.56 Å². The van der Waals surface area contributed by atoms with E-state index in [4.69, 9.17) is 10.9 Å². The average Bonchev–Trinajstić information content (AvgIpc) is 2.89. The SMILES string of the molecule is C#CCCNC(=O)c1cc(-c2ccccc2)on1. The summed E-state index contributed by atoms with van der Waals surface area (Å²) in [7, 11) is 0. The molecule has 2 rings (SSSR count). The maximum absolute atomic E-state index is 11.7. The van der Waals surface area contributed by atoms with Gasteiger partial charge in [0.05, 0.1) is 0 Å². The highest BCUT2D eigenvalue weighted by Gasteiger charge is 2.12. The van der Waals surface area contributed by atoms with Crippen molar-refractivity contribution < 1.29 is 9.32 Å². The summed E-state index contributed by atoms with van der Waals surface area (Å²) in [4.78, 5) is 11.7. The first-order chi connectivity index (χ1) is 8.81. The molecule has 0 saturated carbocycles. The van der Waals surface area contributed by atoms with Crippen molar-refractivity contribution in [3.8, 4) is 23.7 Å². The van der Waals surface area contributed by atoms with Crippen molar-refractivity contribution in [1.29, 1.82) is 0 Å². The predicted molar refractivity (Wildman–Crippen MR) is 67.7 cm³/mol. The molecule has 1 heterocycles. The van der Waals surface area contributed by atoms with E-state index in [1.54, 1.807) is 6.07 Å². The third-order valence-corrected chi connectivity index (χ3v) is 2.36. The molecule has 2 aromatic rings. The van der Waals surface area contributed by atoms with E-state index < -0.39 is 0 Å². The Balaban J connectivity index is 2.07. The van der Waals surface area contributed by atoms with Crippen LogP contribution in [0.5, 0.6) is 0 Å². The molecular weight excluding hydrogens is 228 g/mol. The number of carbonyl (C=O) groups excluding carboxylic acids is 1. The molecule has 1 N–H and O–H groups in total. The zero-order valence-electron chi connectivity index (χ0n) is 9.72. The largest absolute Gasteiger partial charge is 0.355 e. The lowest BCUT2D eigenvalue weighted by molar-refractivity contribution is 0.0945. The molecule has 0 aliphatic carbocycles. The number of rotatable bonds is 4. The number of nitrogens with one attached hydrogen (secondary N) is 1. The Morgan fingerprint density at radius 2 is 2.17 bits per heavy atom. The number of hydrogen-bond donors (Lipinski definition) is 1. The van der Waals surface area contributed by atoms with Crippen LogP contribution in [0.25, 0.3) is 11.3 Å². The summed E-state index contributed by atoms with van der Waals surface area (Å²) in [6, 6.07) is 11.1. The summed E-state index contributed by atoms with van der Waals surface area (Å²) in [5.41, 5.74) is 1.14. The van der Waals surface area contributed by atoms with Crippen molar-refractivity contribution in [1.82, 2.24) is 10.5 Å². The standard InChI is InChI=1S/C14H12N2O2/c1-2-3-9-15-14(17)12-10-13(18-16-12)11-7-5-4-6-8-11/h1,4-8,10H,3,9H2,(H,15,17). The maximum atomic E-state index is 11.7. The molecule has 1 aromatic carbocycles. The quantitative estimate of drug-likeness (QED) is 0.657. The molecular formula is C14H12N2O2. The zero-order chi connectivity index (χ0) is 12.8. The van der Waals surface area contributed by atoms with E-state index in [-0.39, 0.29) is 11.6 Å². The van der Waals surface area contributed by atoms with Gasteiger partial charge in [-0.15, -0.1) is 12.3 Å². The van der Waals surface area contributed by atoms with Crippen molar-refractivity contribution in [3.05, 3.63) is 42.1 Å². The van der Waals surface area contributed by atoms with Gasteiger partial charge in [0.2, 0.25) is 0 Å². The minimum absolute atomic E-state index is 0.255. The van der Waals surface area contributed by atoms with Gasteiger partial charge in [0.1, 0.15) is 0 Å². The Hall–Kier alpha value is -2.54. The lowest BCUT2D eigenvalue weighted by Crippen LogP contribution is -2.24. The molecule has 4 heteroatoms. The summed E-state index contributed by atoms with van der Waals surface area (Å²) in [5, 5.41) is 6.39. The van der Waals surface area contributed by atoms with Gasteiger partial charge in [0, 0.05) is 24.6 Å². The van der Waals surface area contributed by atoms with Crippen LogP contribution in [0, 0.1) is 12.3 Å². The van der Waals surface area contributed by atoms with Crippen LogP contribution in [0.1, 0.15) is 16.9 Å².